The minimum Gasteiger partial charge on any atom is -0.478 e. The number of benzene rings is 3. The number of carboxylic acids is 1. The molecule has 0 radical (unpaired) electrons. The first kappa shape index (κ1) is 23.7. The minimum atomic E-state index is -1.03. The molecular weight excluding hydrogens is 446 g/mol. The summed E-state index contributed by atoms with van der Waals surface area (Å²) in [5.74, 6) is -1.87. The lowest BCUT2D eigenvalue weighted by Gasteiger charge is -2.17. The number of nitrogens with one attached hydrogen (secondary N) is 2. The van der Waals surface area contributed by atoms with Crippen LogP contribution in [0.3, 0.4) is 0 Å². The number of aromatic carboxylic acids is 1. The smallest absolute Gasteiger partial charge is 0.337 e. The van der Waals surface area contributed by atoms with Gasteiger partial charge in [-0.3, -0.25) is 4.79 Å². The molecule has 1 aliphatic heterocycles. The van der Waals surface area contributed by atoms with E-state index in [0.717, 1.165) is 5.56 Å². The van der Waals surface area contributed by atoms with Crippen molar-refractivity contribution < 1.29 is 24.2 Å². The van der Waals surface area contributed by atoms with E-state index in [2.05, 4.69) is 10.6 Å². The van der Waals surface area contributed by atoms with Gasteiger partial charge in [-0.15, -0.1) is 0 Å². The number of anilines is 2. The van der Waals surface area contributed by atoms with E-state index in [4.69, 9.17) is 4.74 Å². The zero-order valence-electron chi connectivity index (χ0n) is 19.6. The first-order valence-corrected chi connectivity index (χ1v) is 10.9. The van der Waals surface area contributed by atoms with Crippen LogP contribution >= 0.6 is 0 Å². The predicted molar refractivity (Wildman–Crippen MR) is 134 cm³/mol. The summed E-state index contributed by atoms with van der Waals surface area (Å²) < 4.78 is 4.78. The van der Waals surface area contributed by atoms with Crippen LogP contribution in [0.15, 0.2) is 66.7 Å². The van der Waals surface area contributed by atoms with Crippen LogP contribution in [-0.4, -0.2) is 49.1 Å². The fourth-order valence-electron chi connectivity index (χ4n) is 4.03. The maximum absolute atomic E-state index is 13.1. The quantitative estimate of drug-likeness (QED) is 0.351. The standard InChI is InChI=1S/C27H25N3O5/c1-30(2)15-18-9-11-19(14-21(18)26(32)33)28-24(16-7-5-4-6-8-16)23-20-12-10-17(27(34)35-3)13-22(20)29-25(23)31/h4-14,28H,15H2,1-3H3,(H,29,31)(H,32,33)/b24-23+. The Morgan fingerprint density at radius 1 is 1.00 bits per heavy atom. The molecule has 1 aliphatic rings. The van der Waals surface area contributed by atoms with Crippen molar-refractivity contribution in [2.45, 2.75) is 6.54 Å². The molecule has 3 aromatic carbocycles. The molecule has 0 unspecified atom stereocenters. The zero-order chi connectivity index (χ0) is 25.1. The molecule has 0 spiro atoms. The van der Waals surface area contributed by atoms with E-state index < -0.39 is 11.9 Å². The molecule has 3 aromatic rings. The van der Waals surface area contributed by atoms with Crippen LogP contribution in [0.25, 0.3) is 11.3 Å². The molecule has 35 heavy (non-hydrogen) atoms. The fraction of sp³-hybridized carbons (Fsp3) is 0.148. The van der Waals surface area contributed by atoms with E-state index in [-0.39, 0.29) is 11.5 Å². The lowest BCUT2D eigenvalue weighted by molar-refractivity contribution is -0.110. The third-order valence-corrected chi connectivity index (χ3v) is 5.59. The van der Waals surface area contributed by atoms with Gasteiger partial charge in [-0.25, -0.2) is 9.59 Å². The Kier molecular flexibility index (Phi) is 6.66. The summed E-state index contributed by atoms with van der Waals surface area (Å²) >= 11 is 0. The number of hydrogen-bond donors (Lipinski definition) is 3. The van der Waals surface area contributed by atoms with Crippen molar-refractivity contribution in [2.24, 2.45) is 0 Å². The fourth-order valence-corrected chi connectivity index (χ4v) is 4.03. The van der Waals surface area contributed by atoms with E-state index in [1.54, 1.807) is 36.4 Å². The number of carboxylic acid groups (broad SMARTS) is 1. The highest BCUT2D eigenvalue weighted by Crippen LogP contribution is 2.38. The molecule has 178 valence electrons. The van der Waals surface area contributed by atoms with Crippen molar-refractivity contribution >= 4 is 40.5 Å². The normalized spacial score (nSPS) is 13.8. The molecule has 0 fully saturated rings. The summed E-state index contributed by atoms with van der Waals surface area (Å²) in [7, 11) is 5.04. The number of carbonyl (C=O) groups is 3. The summed E-state index contributed by atoms with van der Waals surface area (Å²) in [6.07, 6.45) is 0. The Hall–Kier alpha value is -4.43. The number of esters is 1. The topological polar surface area (TPSA) is 108 Å². The summed E-state index contributed by atoms with van der Waals surface area (Å²) in [4.78, 5) is 38.9. The van der Waals surface area contributed by atoms with Gasteiger partial charge in [0.2, 0.25) is 0 Å². The number of carbonyl (C=O) groups excluding carboxylic acids is 2. The highest BCUT2D eigenvalue weighted by atomic mass is 16.5. The van der Waals surface area contributed by atoms with Crippen LogP contribution in [0.4, 0.5) is 11.4 Å². The van der Waals surface area contributed by atoms with E-state index in [9.17, 15) is 19.5 Å². The number of nitrogens with zero attached hydrogens (tertiary/aromatic N) is 1. The van der Waals surface area contributed by atoms with E-state index in [1.807, 2.05) is 49.3 Å². The van der Waals surface area contributed by atoms with Crippen LogP contribution in [0, 0.1) is 0 Å². The zero-order valence-corrected chi connectivity index (χ0v) is 19.6. The van der Waals surface area contributed by atoms with E-state index in [1.165, 1.54) is 7.11 Å². The monoisotopic (exact) mass is 471 g/mol. The van der Waals surface area contributed by atoms with Gasteiger partial charge in [0.15, 0.2) is 0 Å². The summed E-state index contributed by atoms with van der Waals surface area (Å²) in [5, 5.41) is 15.9. The number of hydrogen-bond acceptors (Lipinski definition) is 6. The predicted octanol–water partition coefficient (Wildman–Crippen LogP) is 4.17. The highest BCUT2D eigenvalue weighted by Gasteiger charge is 2.29. The van der Waals surface area contributed by atoms with Gasteiger partial charge in [-0.2, -0.15) is 0 Å². The summed E-state index contributed by atoms with van der Waals surface area (Å²) in [6, 6.07) is 19.3. The molecule has 1 heterocycles. The first-order chi connectivity index (χ1) is 16.8. The van der Waals surface area contributed by atoms with Crippen molar-refractivity contribution in [3.05, 3.63) is 94.5 Å². The van der Waals surface area contributed by atoms with Crippen molar-refractivity contribution in [3.63, 3.8) is 0 Å². The van der Waals surface area contributed by atoms with Gasteiger partial charge < -0.3 is 25.4 Å². The molecule has 0 bridgehead atoms. The van der Waals surface area contributed by atoms with Crippen LogP contribution in [-0.2, 0) is 16.1 Å². The maximum Gasteiger partial charge on any atom is 0.337 e. The van der Waals surface area contributed by atoms with E-state index in [0.29, 0.717) is 45.9 Å². The van der Waals surface area contributed by atoms with Crippen molar-refractivity contribution in [3.8, 4) is 0 Å². The molecule has 0 saturated carbocycles. The van der Waals surface area contributed by atoms with Gasteiger partial charge in [-0.05, 0) is 49.5 Å². The van der Waals surface area contributed by atoms with Crippen LogP contribution < -0.4 is 10.6 Å². The van der Waals surface area contributed by atoms with Crippen molar-refractivity contribution in [1.82, 2.24) is 4.90 Å². The van der Waals surface area contributed by atoms with Crippen molar-refractivity contribution in [1.29, 1.82) is 0 Å². The third-order valence-electron chi connectivity index (χ3n) is 5.59. The molecule has 0 aromatic heterocycles. The third kappa shape index (κ3) is 4.92. The summed E-state index contributed by atoms with van der Waals surface area (Å²) in [6.45, 7) is 0.479. The largest absolute Gasteiger partial charge is 0.478 e. The van der Waals surface area contributed by atoms with Gasteiger partial charge in [0.25, 0.3) is 5.91 Å². The number of ether oxygens (including phenoxy) is 1. The van der Waals surface area contributed by atoms with Crippen LogP contribution in [0.2, 0.25) is 0 Å². The molecule has 3 N–H and O–H groups in total. The Bertz CT molecular complexity index is 1350. The molecular formula is C27H25N3O5. The molecule has 1 amide bonds. The summed E-state index contributed by atoms with van der Waals surface area (Å²) in [5.41, 5.74) is 4.49. The molecule has 8 heteroatoms. The second-order valence-corrected chi connectivity index (χ2v) is 8.36. The first-order valence-electron chi connectivity index (χ1n) is 10.9. The van der Waals surface area contributed by atoms with Crippen LogP contribution in [0.5, 0.6) is 0 Å². The van der Waals surface area contributed by atoms with Crippen LogP contribution in [0.1, 0.15) is 37.4 Å². The van der Waals surface area contributed by atoms with Gasteiger partial charge >= 0.3 is 11.9 Å². The van der Waals surface area contributed by atoms with Gasteiger partial charge in [0, 0.05) is 17.8 Å². The Balaban J connectivity index is 1.84. The lowest BCUT2D eigenvalue weighted by Crippen LogP contribution is -2.15. The van der Waals surface area contributed by atoms with E-state index >= 15 is 0 Å². The number of fused-ring (bicyclic) bond motifs is 1. The molecule has 0 aliphatic carbocycles. The molecule has 0 atom stereocenters. The van der Waals surface area contributed by atoms with Gasteiger partial charge in [0.05, 0.1) is 35.2 Å². The minimum absolute atomic E-state index is 0.181. The Morgan fingerprint density at radius 2 is 1.74 bits per heavy atom. The number of rotatable bonds is 7. The highest BCUT2D eigenvalue weighted by molar-refractivity contribution is 6.37. The molecule has 4 rings (SSSR count). The SMILES string of the molecule is COC(=O)c1ccc2c(c1)NC(=O)/C2=C(/Nc1ccc(CN(C)C)c(C(=O)O)c1)c1ccccc1. The lowest BCUT2D eigenvalue weighted by atomic mass is 9.98. The number of amides is 1. The second kappa shape index (κ2) is 9.82. The molecule has 0 saturated heterocycles. The van der Waals surface area contributed by atoms with Crippen molar-refractivity contribution in [2.75, 3.05) is 31.8 Å². The second-order valence-electron chi connectivity index (χ2n) is 8.36. The van der Waals surface area contributed by atoms with Gasteiger partial charge in [0.1, 0.15) is 0 Å². The Labute approximate surface area is 202 Å². The number of methoxy groups -OCH3 is 1. The maximum atomic E-state index is 13.1. The molecule has 8 nitrogen and oxygen atoms in total. The average molecular weight is 472 g/mol. The van der Waals surface area contributed by atoms with Gasteiger partial charge in [-0.1, -0.05) is 42.5 Å². The average Bonchev–Trinajstić information content (AvgIpc) is 3.17. The Morgan fingerprint density at radius 3 is 2.40 bits per heavy atom.